The molecule has 0 bridgehead atoms. The van der Waals surface area contributed by atoms with Crippen LogP contribution in [0.5, 0.6) is 0 Å². The van der Waals surface area contributed by atoms with Crippen LogP contribution < -0.4 is 5.32 Å². The second-order valence-corrected chi connectivity index (χ2v) is 10.3. The Morgan fingerprint density at radius 1 is 1.13 bits per heavy atom. The predicted octanol–water partition coefficient (Wildman–Crippen LogP) is 3.22. The van der Waals surface area contributed by atoms with E-state index in [2.05, 4.69) is 21.2 Å². The van der Waals surface area contributed by atoms with Gasteiger partial charge in [-0.1, -0.05) is 28.1 Å². The average Bonchev–Trinajstić information content (AvgIpc) is 3.51. The fourth-order valence-electron chi connectivity index (χ4n) is 3.10. The van der Waals surface area contributed by atoms with Gasteiger partial charge in [0.2, 0.25) is 21.8 Å². The highest BCUT2D eigenvalue weighted by Gasteiger charge is 2.34. The van der Waals surface area contributed by atoms with E-state index in [1.54, 1.807) is 4.90 Å². The molecule has 0 unspecified atom stereocenters. The number of hydrogen-bond donors (Lipinski definition) is 1. The van der Waals surface area contributed by atoms with Gasteiger partial charge in [0.05, 0.1) is 11.4 Å². The molecule has 1 N–H and O–H groups in total. The molecular formula is C21H24BrN3O4S. The largest absolute Gasteiger partial charge is 0.334 e. The quantitative estimate of drug-likeness (QED) is 0.611. The number of amides is 2. The van der Waals surface area contributed by atoms with Crippen LogP contribution in [0.1, 0.15) is 25.3 Å². The summed E-state index contributed by atoms with van der Waals surface area (Å²) in [5.74, 6) is -0.461. The van der Waals surface area contributed by atoms with Gasteiger partial charge in [-0.25, -0.2) is 8.42 Å². The molecule has 2 aromatic rings. The number of carbonyl (C=O) groups is 2. The van der Waals surface area contributed by atoms with E-state index in [4.69, 9.17) is 0 Å². The molecule has 3 rings (SSSR count). The molecule has 2 aromatic carbocycles. The molecule has 9 heteroatoms. The molecule has 0 radical (unpaired) electrons. The molecule has 1 saturated carbocycles. The van der Waals surface area contributed by atoms with E-state index in [0.717, 1.165) is 27.2 Å². The van der Waals surface area contributed by atoms with Gasteiger partial charge in [-0.3, -0.25) is 9.59 Å². The Morgan fingerprint density at radius 3 is 2.37 bits per heavy atom. The molecular weight excluding hydrogens is 470 g/mol. The normalized spacial score (nSPS) is 13.9. The van der Waals surface area contributed by atoms with E-state index in [9.17, 15) is 18.0 Å². The van der Waals surface area contributed by atoms with Crippen LogP contribution in [0.15, 0.2) is 57.9 Å². The van der Waals surface area contributed by atoms with Gasteiger partial charge in [0, 0.05) is 36.7 Å². The molecule has 7 nitrogen and oxygen atoms in total. The Bertz CT molecular complexity index is 1040. The van der Waals surface area contributed by atoms with Gasteiger partial charge < -0.3 is 10.2 Å². The van der Waals surface area contributed by atoms with Gasteiger partial charge in [-0.15, -0.1) is 0 Å². The molecule has 0 atom stereocenters. The van der Waals surface area contributed by atoms with E-state index in [-0.39, 0.29) is 29.3 Å². The first-order valence-electron chi connectivity index (χ1n) is 9.55. The van der Waals surface area contributed by atoms with Crippen molar-refractivity contribution in [3.63, 3.8) is 0 Å². The standard InChI is InChI=1S/C21H24BrN3O4S/c1-15(26)23-18-6-10-20(11-7-18)30(28,29)24(2)14-21(27)25(19-8-9-19)13-16-4-3-5-17(22)12-16/h3-7,10-12,19H,8-9,13-14H2,1-2H3,(H,23,26). The van der Waals surface area contributed by atoms with Crippen molar-refractivity contribution >= 4 is 43.5 Å². The molecule has 1 fully saturated rings. The summed E-state index contributed by atoms with van der Waals surface area (Å²) < 4.78 is 27.8. The van der Waals surface area contributed by atoms with Crippen molar-refractivity contribution in [2.45, 2.75) is 37.2 Å². The summed E-state index contributed by atoms with van der Waals surface area (Å²) in [7, 11) is -2.43. The highest BCUT2D eigenvalue weighted by molar-refractivity contribution is 9.10. The molecule has 0 spiro atoms. The fraction of sp³-hybridized carbons (Fsp3) is 0.333. The highest BCUT2D eigenvalue weighted by Crippen LogP contribution is 2.29. The van der Waals surface area contributed by atoms with Crippen molar-refractivity contribution in [1.29, 1.82) is 0 Å². The molecule has 1 aliphatic rings. The van der Waals surface area contributed by atoms with Crippen molar-refractivity contribution in [2.24, 2.45) is 0 Å². The van der Waals surface area contributed by atoms with Crippen LogP contribution in [0.3, 0.4) is 0 Å². The van der Waals surface area contributed by atoms with Gasteiger partial charge in [-0.2, -0.15) is 4.31 Å². The van der Waals surface area contributed by atoms with Gasteiger partial charge in [-0.05, 0) is 54.8 Å². The smallest absolute Gasteiger partial charge is 0.243 e. The number of likely N-dealkylation sites (N-methyl/N-ethyl adjacent to an activating group) is 1. The van der Waals surface area contributed by atoms with Crippen LogP contribution in [0, 0.1) is 0 Å². The molecule has 0 aromatic heterocycles. The molecule has 1 aliphatic carbocycles. The zero-order valence-corrected chi connectivity index (χ0v) is 19.2. The van der Waals surface area contributed by atoms with Gasteiger partial charge in [0.15, 0.2) is 0 Å². The Kier molecular flexibility index (Phi) is 6.95. The summed E-state index contributed by atoms with van der Waals surface area (Å²) in [6.07, 6.45) is 1.86. The van der Waals surface area contributed by atoms with Crippen molar-refractivity contribution in [3.05, 3.63) is 58.6 Å². The lowest BCUT2D eigenvalue weighted by molar-refractivity contribution is -0.132. The lowest BCUT2D eigenvalue weighted by Gasteiger charge is -2.25. The van der Waals surface area contributed by atoms with E-state index in [1.165, 1.54) is 38.2 Å². The summed E-state index contributed by atoms with van der Waals surface area (Å²) in [6.45, 7) is 1.59. The van der Waals surface area contributed by atoms with Crippen LogP contribution in [-0.2, 0) is 26.2 Å². The molecule has 30 heavy (non-hydrogen) atoms. The number of nitrogens with one attached hydrogen (secondary N) is 1. The molecule has 0 heterocycles. The lowest BCUT2D eigenvalue weighted by Crippen LogP contribution is -2.41. The summed E-state index contributed by atoms with van der Waals surface area (Å²) in [6, 6.07) is 13.8. The van der Waals surface area contributed by atoms with Crippen LogP contribution in [0.4, 0.5) is 5.69 Å². The number of rotatable bonds is 8. The number of benzene rings is 2. The van der Waals surface area contributed by atoms with E-state index in [1.807, 2.05) is 24.3 Å². The third-order valence-corrected chi connectivity index (χ3v) is 7.10. The van der Waals surface area contributed by atoms with E-state index >= 15 is 0 Å². The minimum atomic E-state index is -3.83. The summed E-state index contributed by atoms with van der Waals surface area (Å²) in [5, 5.41) is 2.59. The van der Waals surface area contributed by atoms with Crippen molar-refractivity contribution < 1.29 is 18.0 Å². The third-order valence-electron chi connectivity index (χ3n) is 4.79. The fourth-order valence-corrected chi connectivity index (χ4v) is 4.67. The maximum atomic E-state index is 12.9. The number of sulfonamides is 1. The van der Waals surface area contributed by atoms with E-state index < -0.39 is 10.0 Å². The first-order chi connectivity index (χ1) is 14.2. The van der Waals surface area contributed by atoms with E-state index in [0.29, 0.717) is 12.2 Å². The molecule has 160 valence electrons. The van der Waals surface area contributed by atoms with Gasteiger partial charge in [0.25, 0.3) is 0 Å². The molecule has 0 saturated heterocycles. The lowest BCUT2D eigenvalue weighted by atomic mass is 10.2. The predicted molar refractivity (Wildman–Crippen MR) is 118 cm³/mol. The second-order valence-electron chi connectivity index (χ2n) is 7.35. The maximum absolute atomic E-state index is 12.9. The van der Waals surface area contributed by atoms with Crippen molar-refractivity contribution in [1.82, 2.24) is 9.21 Å². The summed E-state index contributed by atoms with van der Waals surface area (Å²) >= 11 is 3.44. The molecule has 2 amide bonds. The summed E-state index contributed by atoms with van der Waals surface area (Å²) in [5.41, 5.74) is 1.50. The van der Waals surface area contributed by atoms with Crippen LogP contribution in [0.2, 0.25) is 0 Å². The Labute approximate surface area is 185 Å². The molecule has 0 aliphatic heterocycles. The van der Waals surface area contributed by atoms with Crippen molar-refractivity contribution in [2.75, 3.05) is 18.9 Å². The SMILES string of the molecule is CC(=O)Nc1ccc(S(=O)(=O)N(C)CC(=O)N(Cc2cccc(Br)c2)C2CC2)cc1. The van der Waals surface area contributed by atoms with Crippen LogP contribution in [0.25, 0.3) is 0 Å². The topological polar surface area (TPSA) is 86.8 Å². The highest BCUT2D eigenvalue weighted by atomic mass is 79.9. The minimum Gasteiger partial charge on any atom is -0.334 e. The number of carbonyl (C=O) groups excluding carboxylic acids is 2. The zero-order chi connectivity index (χ0) is 21.9. The number of anilines is 1. The Morgan fingerprint density at radius 2 is 1.80 bits per heavy atom. The van der Waals surface area contributed by atoms with Crippen LogP contribution >= 0.6 is 15.9 Å². The second kappa shape index (κ2) is 9.28. The Hall–Kier alpha value is -2.23. The monoisotopic (exact) mass is 493 g/mol. The number of halogens is 1. The minimum absolute atomic E-state index is 0.0665. The third kappa shape index (κ3) is 5.68. The Balaban J connectivity index is 1.70. The number of nitrogens with zero attached hydrogens (tertiary/aromatic N) is 2. The zero-order valence-electron chi connectivity index (χ0n) is 16.8. The first-order valence-corrected chi connectivity index (χ1v) is 11.8. The van der Waals surface area contributed by atoms with Gasteiger partial charge in [0.1, 0.15) is 0 Å². The maximum Gasteiger partial charge on any atom is 0.243 e. The van der Waals surface area contributed by atoms with Crippen molar-refractivity contribution in [3.8, 4) is 0 Å². The summed E-state index contributed by atoms with van der Waals surface area (Å²) in [4.78, 5) is 25.9. The average molecular weight is 494 g/mol. The van der Waals surface area contributed by atoms with Crippen LogP contribution in [-0.4, -0.2) is 49.1 Å². The van der Waals surface area contributed by atoms with Gasteiger partial charge >= 0.3 is 0 Å². The first kappa shape index (κ1) is 22.5. The number of hydrogen-bond acceptors (Lipinski definition) is 4.